The summed E-state index contributed by atoms with van der Waals surface area (Å²) in [6, 6.07) is 6.75. The molecule has 3 aromatic rings. The quantitative estimate of drug-likeness (QED) is 0.428. The summed E-state index contributed by atoms with van der Waals surface area (Å²) < 4.78 is 1.27. The number of aryl methyl sites for hydroxylation is 2. The Balaban J connectivity index is 1.95. The second-order valence-corrected chi connectivity index (χ2v) is 6.41. The number of aromatic hydroxyl groups is 1. The molecule has 0 radical (unpaired) electrons. The maximum absolute atomic E-state index is 12.7. The zero-order chi connectivity index (χ0) is 21.0. The predicted octanol–water partition coefficient (Wildman–Crippen LogP) is 1.47. The van der Waals surface area contributed by atoms with E-state index in [0.717, 1.165) is 0 Å². The van der Waals surface area contributed by atoms with Gasteiger partial charge >= 0.3 is 0 Å². The number of hydrazone groups is 1. The van der Waals surface area contributed by atoms with E-state index in [0.29, 0.717) is 35.0 Å². The molecule has 0 aliphatic rings. The Bertz CT molecular complexity index is 1150. The standard InChI is InChI=1S/C20H21N5O4/c1-3-8-25-20(29)15-7-5-4-6-14(15)17(24-25)19(28)23-22-10-16-13(11-26)9-21-12(2)18(16)27/h4-7,9-10,26-27H,3,8,11H2,1-2H3,(H,23,28)/b22-10+. The average molecular weight is 395 g/mol. The first kappa shape index (κ1) is 20.2. The number of aromatic nitrogens is 3. The van der Waals surface area contributed by atoms with E-state index < -0.39 is 5.91 Å². The van der Waals surface area contributed by atoms with E-state index in [9.17, 15) is 19.8 Å². The van der Waals surface area contributed by atoms with Crippen LogP contribution in [0.1, 0.15) is 40.7 Å². The molecule has 0 atom stereocenters. The molecule has 0 bridgehead atoms. The van der Waals surface area contributed by atoms with Gasteiger partial charge in [0, 0.05) is 29.3 Å². The molecule has 0 saturated heterocycles. The number of hydrogen-bond donors (Lipinski definition) is 3. The first-order valence-corrected chi connectivity index (χ1v) is 9.09. The third-order valence-electron chi connectivity index (χ3n) is 4.41. The van der Waals surface area contributed by atoms with E-state index in [2.05, 4.69) is 20.6 Å². The number of nitrogens with one attached hydrogen (secondary N) is 1. The van der Waals surface area contributed by atoms with Crippen molar-refractivity contribution in [1.29, 1.82) is 0 Å². The fourth-order valence-electron chi connectivity index (χ4n) is 2.90. The molecule has 0 fully saturated rings. The number of aliphatic hydroxyl groups excluding tert-OH is 1. The Morgan fingerprint density at radius 1 is 1.31 bits per heavy atom. The zero-order valence-corrected chi connectivity index (χ0v) is 16.1. The fraction of sp³-hybridized carbons (Fsp3) is 0.250. The molecule has 2 heterocycles. The van der Waals surface area contributed by atoms with Crippen LogP contribution in [-0.4, -0.2) is 37.1 Å². The first-order valence-electron chi connectivity index (χ1n) is 9.09. The molecule has 2 aromatic heterocycles. The number of pyridine rings is 1. The van der Waals surface area contributed by atoms with Crippen molar-refractivity contribution in [2.45, 2.75) is 33.4 Å². The highest BCUT2D eigenvalue weighted by Gasteiger charge is 2.16. The lowest BCUT2D eigenvalue weighted by molar-refractivity contribution is 0.0949. The van der Waals surface area contributed by atoms with Gasteiger partial charge < -0.3 is 10.2 Å². The third kappa shape index (κ3) is 3.99. The smallest absolute Gasteiger partial charge is 0.292 e. The predicted molar refractivity (Wildman–Crippen MR) is 108 cm³/mol. The highest BCUT2D eigenvalue weighted by atomic mass is 16.3. The van der Waals surface area contributed by atoms with Crippen LogP contribution in [0.2, 0.25) is 0 Å². The fourth-order valence-corrected chi connectivity index (χ4v) is 2.90. The van der Waals surface area contributed by atoms with Gasteiger partial charge in [0.15, 0.2) is 5.69 Å². The van der Waals surface area contributed by atoms with Crippen molar-refractivity contribution in [3.8, 4) is 5.75 Å². The Hall–Kier alpha value is -3.59. The normalized spacial score (nSPS) is 11.3. The number of nitrogens with zero attached hydrogens (tertiary/aromatic N) is 4. The molecule has 9 nitrogen and oxygen atoms in total. The summed E-state index contributed by atoms with van der Waals surface area (Å²) in [5.74, 6) is -0.729. The highest BCUT2D eigenvalue weighted by molar-refractivity contribution is 6.05. The summed E-state index contributed by atoms with van der Waals surface area (Å²) in [6.07, 6.45) is 3.35. The van der Waals surface area contributed by atoms with E-state index in [1.165, 1.54) is 17.1 Å². The van der Waals surface area contributed by atoms with Gasteiger partial charge in [-0.05, 0) is 19.4 Å². The van der Waals surface area contributed by atoms with E-state index in [4.69, 9.17) is 0 Å². The molecular formula is C20H21N5O4. The lowest BCUT2D eigenvalue weighted by atomic mass is 10.1. The molecule has 3 rings (SSSR count). The molecule has 0 aliphatic carbocycles. The summed E-state index contributed by atoms with van der Waals surface area (Å²) >= 11 is 0. The molecule has 0 unspecified atom stereocenters. The topological polar surface area (TPSA) is 130 Å². The zero-order valence-electron chi connectivity index (χ0n) is 16.1. The number of amides is 1. The van der Waals surface area contributed by atoms with Crippen molar-refractivity contribution < 1.29 is 15.0 Å². The van der Waals surface area contributed by atoms with Crippen LogP contribution in [0.3, 0.4) is 0 Å². The lowest BCUT2D eigenvalue weighted by Gasteiger charge is -2.09. The summed E-state index contributed by atoms with van der Waals surface area (Å²) in [6.45, 7) is 3.57. The number of hydrogen-bond acceptors (Lipinski definition) is 7. The minimum Gasteiger partial charge on any atom is -0.505 e. The Labute approximate surface area is 166 Å². The van der Waals surface area contributed by atoms with Crippen LogP contribution in [0.15, 0.2) is 40.4 Å². The second kappa shape index (κ2) is 8.61. The van der Waals surface area contributed by atoms with Crippen LogP contribution in [0.25, 0.3) is 10.8 Å². The minimum absolute atomic E-state index is 0.0725. The Morgan fingerprint density at radius 3 is 2.72 bits per heavy atom. The lowest BCUT2D eigenvalue weighted by Crippen LogP contribution is -2.29. The number of fused-ring (bicyclic) bond motifs is 1. The van der Waals surface area contributed by atoms with Gasteiger partial charge in [0.1, 0.15) is 5.75 Å². The molecule has 29 heavy (non-hydrogen) atoms. The van der Waals surface area contributed by atoms with Crippen LogP contribution in [0.4, 0.5) is 0 Å². The van der Waals surface area contributed by atoms with Crippen molar-refractivity contribution in [2.24, 2.45) is 5.10 Å². The summed E-state index contributed by atoms with van der Waals surface area (Å²) in [5, 5.41) is 28.4. The van der Waals surface area contributed by atoms with E-state index in [1.54, 1.807) is 31.2 Å². The minimum atomic E-state index is -0.599. The van der Waals surface area contributed by atoms with Crippen LogP contribution >= 0.6 is 0 Å². The second-order valence-electron chi connectivity index (χ2n) is 6.41. The summed E-state index contributed by atoms with van der Waals surface area (Å²) in [4.78, 5) is 29.2. The van der Waals surface area contributed by atoms with Gasteiger partial charge in [0.05, 0.1) is 23.9 Å². The number of benzene rings is 1. The van der Waals surface area contributed by atoms with Gasteiger partial charge in [0.2, 0.25) is 0 Å². The maximum atomic E-state index is 12.7. The Morgan fingerprint density at radius 2 is 2.03 bits per heavy atom. The van der Waals surface area contributed by atoms with Crippen LogP contribution in [0, 0.1) is 6.92 Å². The SMILES string of the molecule is CCCn1nc(C(=O)N/N=C/c2c(CO)cnc(C)c2O)c2ccccc2c1=O. The first-order chi connectivity index (χ1) is 14.0. The molecule has 3 N–H and O–H groups in total. The van der Waals surface area contributed by atoms with Crippen molar-refractivity contribution in [1.82, 2.24) is 20.2 Å². The molecule has 1 aromatic carbocycles. The van der Waals surface area contributed by atoms with Gasteiger partial charge in [-0.2, -0.15) is 10.2 Å². The number of carbonyl (C=O) groups excluding carboxylic acids is 1. The van der Waals surface area contributed by atoms with Crippen LogP contribution in [-0.2, 0) is 13.2 Å². The number of carbonyl (C=O) groups is 1. The molecule has 1 amide bonds. The molecule has 0 spiro atoms. The summed E-state index contributed by atoms with van der Waals surface area (Å²) in [5.41, 5.74) is 3.18. The van der Waals surface area contributed by atoms with Crippen molar-refractivity contribution in [3.05, 3.63) is 63.3 Å². The molecule has 150 valence electrons. The average Bonchev–Trinajstić information content (AvgIpc) is 2.73. The van der Waals surface area contributed by atoms with E-state index >= 15 is 0 Å². The van der Waals surface area contributed by atoms with Gasteiger partial charge in [-0.25, -0.2) is 10.1 Å². The van der Waals surface area contributed by atoms with Crippen molar-refractivity contribution in [2.75, 3.05) is 0 Å². The van der Waals surface area contributed by atoms with Crippen LogP contribution in [0.5, 0.6) is 5.75 Å². The molecule has 9 heteroatoms. The molecular weight excluding hydrogens is 374 g/mol. The highest BCUT2D eigenvalue weighted by Crippen LogP contribution is 2.21. The van der Waals surface area contributed by atoms with Crippen LogP contribution < -0.4 is 11.0 Å². The van der Waals surface area contributed by atoms with Crippen molar-refractivity contribution >= 4 is 22.9 Å². The monoisotopic (exact) mass is 395 g/mol. The van der Waals surface area contributed by atoms with E-state index in [1.807, 2.05) is 6.92 Å². The van der Waals surface area contributed by atoms with Gasteiger partial charge in [-0.1, -0.05) is 25.1 Å². The molecule has 0 saturated carbocycles. The van der Waals surface area contributed by atoms with Crippen molar-refractivity contribution in [3.63, 3.8) is 0 Å². The molecule has 0 aliphatic heterocycles. The largest absolute Gasteiger partial charge is 0.505 e. The maximum Gasteiger partial charge on any atom is 0.292 e. The van der Waals surface area contributed by atoms with Gasteiger partial charge in [-0.15, -0.1) is 0 Å². The number of aliphatic hydroxyl groups is 1. The van der Waals surface area contributed by atoms with Gasteiger partial charge in [-0.3, -0.25) is 14.6 Å². The van der Waals surface area contributed by atoms with E-state index in [-0.39, 0.29) is 29.2 Å². The summed E-state index contributed by atoms with van der Waals surface area (Å²) in [7, 11) is 0. The third-order valence-corrected chi connectivity index (χ3v) is 4.41. The number of rotatable bonds is 6. The van der Waals surface area contributed by atoms with Gasteiger partial charge in [0.25, 0.3) is 11.5 Å². The Kier molecular flexibility index (Phi) is 5.99.